The third kappa shape index (κ3) is 14.8. The molecular weight excluding hydrogens is 1240 g/mol. The molecule has 1 aromatic heterocycles. The first-order chi connectivity index (χ1) is 49.4. The molecule has 13 rings (SSSR count). The van der Waals surface area contributed by atoms with E-state index < -0.39 is 10.8 Å². The van der Waals surface area contributed by atoms with Crippen molar-refractivity contribution in [3.05, 3.63) is 291 Å². The fourth-order valence-electron chi connectivity index (χ4n) is 14.9. The van der Waals surface area contributed by atoms with Crippen LogP contribution in [0.4, 0.5) is 0 Å². The van der Waals surface area contributed by atoms with Gasteiger partial charge in [-0.2, -0.15) is 0 Å². The number of aliphatic hydroxyl groups is 4. The molecule has 2 aliphatic carbocycles. The number of aliphatic hydroxyl groups excluding tert-OH is 4. The van der Waals surface area contributed by atoms with E-state index in [9.17, 15) is 20.4 Å². The highest BCUT2D eigenvalue weighted by atomic mass is 16.5. The van der Waals surface area contributed by atoms with Crippen molar-refractivity contribution in [1.82, 2.24) is 10.2 Å². The standard InChI is InChI=1S/C88H90N2O10/c1-2-3-4-5-6-11-48-99-76-36-24-66(25-37-76)85-89-90-86(100-85)71-58-69(67-26-38-79-77-12-7-9-14-81(77)87(83(79)60-67,72-28-16-62(17-29-72)40-49-95-53-44-91)73-30-18-63(19-31-73)41-50-96-54-45-92)57-70(59-71)68-27-39-80-78-13-8-10-15-82(78)88(84(80)61-68,74-32-20-64(21-33-74)42-51-97-55-46-93)75-34-22-65(23-35-75)43-52-98-56-47-94/h7-10,12-39,57-61,91-94H,2-6,11,40-56H2,1H3. The topological polar surface area (TPSA) is 166 Å². The van der Waals surface area contributed by atoms with Crippen LogP contribution in [-0.2, 0) is 55.5 Å². The first kappa shape index (κ1) is 69.3. The first-order valence-electron chi connectivity index (χ1n) is 35.7. The molecule has 1 heterocycles. The van der Waals surface area contributed by atoms with Crippen LogP contribution >= 0.6 is 0 Å². The maximum absolute atomic E-state index is 9.46. The largest absolute Gasteiger partial charge is 0.494 e. The second-order valence-corrected chi connectivity index (χ2v) is 26.1. The minimum atomic E-state index is -0.744. The summed E-state index contributed by atoms with van der Waals surface area (Å²) in [5.74, 6) is 1.60. The molecule has 4 N–H and O–H groups in total. The Morgan fingerprint density at radius 3 is 1.06 bits per heavy atom. The van der Waals surface area contributed by atoms with E-state index in [2.05, 4.69) is 207 Å². The molecule has 0 spiro atoms. The van der Waals surface area contributed by atoms with Gasteiger partial charge in [0, 0.05) is 11.1 Å². The fraction of sp³-hybridized carbons (Fsp3) is 0.295. The summed E-state index contributed by atoms with van der Waals surface area (Å²) in [6.07, 6.45) is 10.0. The monoisotopic (exact) mass is 1330 g/mol. The molecule has 12 heteroatoms. The molecule has 0 aliphatic heterocycles. The van der Waals surface area contributed by atoms with E-state index in [1.165, 1.54) is 47.9 Å². The minimum absolute atomic E-state index is 0.0158. The van der Waals surface area contributed by atoms with Crippen LogP contribution in [-0.4, -0.2) is 117 Å². The Bertz CT molecular complexity index is 4110. The van der Waals surface area contributed by atoms with Crippen molar-refractivity contribution < 1.29 is 48.5 Å². The highest BCUT2D eigenvalue weighted by molar-refractivity contribution is 5.92. The summed E-state index contributed by atoms with van der Waals surface area (Å²) in [7, 11) is 0. The van der Waals surface area contributed by atoms with Gasteiger partial charge in [0.1, 0.15) is 5.75 Å². The lowest BCUT2D eigenvalue weighted by atomic mass is 9.67. The Balaban J connectivity index is 0.959. The summed E-state index contributed by atoms with van der Waals surface area (Å²) in [6, 6.07) is 82.1. The van der Waals surface area contributed by atoms with Crippen molar-refractivity contribution in [2.75, 3.05) is 85.9 Å². The maximum atomic E-state index is 9.46. The average Bonchev–Trinajstić information content (AvgIpc) is 1.54. The van der Waals surface area contributed by atoms with Gasteiger partial charge in [-0.15, -0.1) is 10.2 Å². The number of aromatic nitrogens is 2. The number of nitrogens with zero attached hydrogens (tertiary/aromatic N) is 2. The van der Waals surface area contributed by atoms with E-state index in [1.807, 2.05) is 24.3 Å². The third-order valence-electron chi connectivity index (χ3n) is 19.9. The first-order valence-corrected chi connectivity index (χ1v) is 35.7. The Morgan fingerprint density at radius 2 is 0.660 bits per heavy atom. The van der Waals surface area contributed by atoms with Gasteiger partial charge in [-0.25, -0.2) is 0 Å². The summed E-state index contributed by atoms with van der Waals surface area (Å²) < 4.78 is 36.0. The van der Waals surface area contributed by atoms with E-state index in [0.29, 0.717) is 96.9 Å². The molecule has 100 heavy (non-hydrogen) atoms. The van der Waals surface area contributed by atoms with Gasteiger partial charge in [0.2, 0.25) is 11.8 Å². The molecule has 12 nitrogen and oxygen atoms in total. The van der Waals surface area contributed by atoms with Gasteiger partial charge in [0.15, 0.2) is 0 Å². The molecule has 0 saturated heterocycles. The summed E-state index contributed by atoms with van der Waals surface area (Å²) in [4.78, 5) is 0. The molecule has 0 amide bonds. The highest BCUT2D eigenvalue weighted by Gasteiger charge is 2.48. The lowest BCUT2D eigenvalue weighted by Crippen LogP contribution is -2.28. The van der Waals surface area contributed by atoms with Crippen LogP contribution in [0.25, 0.3) is 67.4 Å². The molecule has 11 aromatic rings. The Morgan fingerprint density at radius 1 is 0.310 bits per heavy atom. The van der Waals surface area contributed by atoms with Gasteiger partial charge in [-0.1, -0.05) is 209 Å². The van der Waals surface area contributed by atoms with Gasteiger partial charge in [-0.3, -0.25) is 0 Å². The molecule has 0 saturated carbocycles. The zero-order valence-corrected chi connectivity index (χ0v) is 57.3. The van der Waals surface area contributed by atoms with Crippen LogP contribution in [0, 0.1) is 0 Å². The van der Waals surface area contributed by atoms with Crippen LogP contribution < -0.4 is 4.74 Å². The van der Waals surface area contributed by atoms with E-state index in [4.69, 9.17) is 38.3 Å². The molecule has 512 valence electrons. The summed E-state index contributed by atoms with van der Waals surface area (Å²) in [6.45, 7) is 6.08. The van der Waals surface area contributed by atoms with Crippen molar-refractivity contribution in [2.24, 2.45) is 0 Å². The van der Waals surface area contributed by atoms with E-state index >= 15 is 0 Å². The molecule has 0 atom stereocenters. The predicted octanol–water partition coefficient (Wildman–Crippen LogP) is 16.4. The van der Waals surface area contributed by atoms with E-state index in [0.717, 1.165) is 119 Å². The second-order valence-electron chi connectivity index (χ2n) is 26.1. The third-order valence-corrected chi connectivity index (χ3v) is 19.9. The minimum Gasteiger partial charge on any atom is -0.494 e. The van der Waals surface area contributed by atoms with Crippen LogP contribution in [0.2, 0.25) is 0 Å². The molecule has 0 radical (unpaired) electrons. The van der Waals surface area contributed by atoms with Gasteiger partial charge in [-0.05, 0) is 198 Å². The van der Waals surface area contributed by atoms with Crippen molar-refractivity contribution in [3.63, 3.8) is 0 Å². The lowest BCUT2D eigenvalue weighted by molar-refractivity contribution is 0.0944. The number of unbranched alkanes of at least 4 members (excludes halogenated alkanes) is 5. The maximum Gasteiger partial charge on any atom is 0.248 e. The van der Waals surface area contributed by atoms with Crippen LogP contribution in [0.3, 0.4) is 0 Å². The Kier molecular flexibility index (Phi) is 23.1. The lowest BCUT2D eigenvalue weighted by Gasteiger charge is -2.34. The molecule has 0 bridgehead atoms. The normalized spacial score (nSPS) is 13.1. The zero-order chi connectivity index (χ0) is 68.5. The number of hydrogen-bond donors (Lipinski definition) is 4. The fourth-order valence-corrected chi connectivity index (χ4v) is 14.9. The number of ether oxygens (including phenoxy) is 5. The Hall–Kier alpha value is -9.18. The van der Waals surface area contributed by atoms with E-state index in [1.54, 1.807) is 0 Å². The SMILES string of the molecule is CCCCCCCCOc1ccc(-c2nnc(-c3cc(-c4ccc5c(c4)C(c4ccc(CCOCCO)cc4)(c4ccc(CCOCCO)cc4)c4ccccc4-5)cc(-c4ccc5c(c4)C(c4ccc(CCOCCO)cc4)(c4ccc(CCOCCO)cc4)c4ccccc4-5)c3)o2)cc1. The highest BCUT2D eigenvalue weighted by Crippen LogP contribution is 2.59. The molecule has 0 fully saturated rings. The van der Waals surface area contributed by atoms with Crippen LogP contribution in [0.1, 0.15) is 112 Å². The number of rotatable bonds is 36. The van der Waals surface area contributed by atoms with Gasteiger partial charge in [0.25, 0.3) is 0 Å². The average molecular weight is 1340 g/mol. The van der Waals surface area contributed by atoms with E-state index in [-0.39, 0.29) is 26.4 Å². The van der Waals surface area contributed by atoms with Crippen molar-refractivity contribution in [3.8, 4) is 73.2 Å². The number of benzene rings is 10. The zero-order valence-electron chi connectivity index (χ0n) is 57.3. The summed E-state index contributed by atoms with van der Waals surface area (Å²) in [5, 5.41) is 47.4. The summed E-state index contributed by atoms with van der Waals surface area (Å²) >= 11 is 0. The number of fused-ring (bicyclic) bond motifs is 6. The predicted molar refractivity (Wildman–Crippen MR) is 396 cm³/mol. The quantitative estimate of drug-likeness (QED) is 0.0275. The summed E-state index contributed by atoms with van der Waals surface area (Å²) in [5.41, 5.74) is 22.5. The Labute approximate surface area is 587 Å². The molecule has 0 unspecified atom stereocenters. The van der Waals surface area contributed by atoms with Crippen molar-refractivity contribution in [2.45, 2.75) is 82.0 Å². The van der Waals surface area contributed by atoms with Gasteiger partial charge >= 0.3 is 0 Å². The van der Waals surface area contributed by atoms with Crippen LogP contribution in [0.15, 0.2) is 229 Å². The molecular formula is C88H90N2O10. The van der Waals surface area contributed by atoms with Crippen molar-refractivity contribution >= 4 is 0 Å². The second kappa shape index (κ2) is 33.3. The molecule has 2 aliphatic rings. The smallest absolute Gasteiger partial charge is 0.248 e. The number of hydrogen-bond acceptors (Lipinski definition) is 12. The van der Waals surface area contributed by atoms with Gasteiger partial charge in [0.05, 0.1) is 96.7 Å². The van der Waals surface area contributed by atoms with Crippen LogP contribution in [0.5, 0.6) is 5.75 Å². The molecule has 10 aromatic carbocycles. The van der Waals surface area contributed by atoms with Crippen molar-refractivity contribution in [1.29, 1.82) is 0 Å². The van der Waals surface area contributed by atoms with Gasteiger partial charge < -0.3 is 48.5 Å².